The van der Waals surface area contributed by atoms with E-state index < -0.39 is 17.8 Å². The summed E-state index contributed by atoms with van der Waals surface area (Å²) in [5.74, 6) is 1.60. The molecule has 1 atom stereocenters. The van der Waals surface area contributed by atoms with Crippen LogP contribution in [0.2, 0.25) is 0 Å². The third kappa shape index (κ3) is 5.54. The van der Waals surface area contributed by atoms with Gasteiger partial charge in [-0.3, -0.25) is 4.79 Å². The Morgan fingerprint density at radius 3 is 2.81 bits per heavy atom. The Kier molecular flexibility index (Phi) is 7.17. The van der Waals surface area contributed by atoms with Crippen molar-refractivity contribution in [3.8, 4) is 6.07 Å². The third-order valence-corrected chi connectivity index (χ3v) is 5.07. The van der Waals surface area contributed by atoms with Gasteiger partial charge in [0.2, 0.25) is 5.91 Å². The summed E-state index contributed by atoms with van der Waals surface area (Å²) in [6.07, 6.45) is -2.51. The van der Waals surface area contributed by atoms with E-state index in [0.29, 0.717) is 37.4 Å². The zero-order valence-electron chi connectivity index (χ0n) is 14.2. The van der Waals surface area contributed by atoms with Crippen LogP contribution in [0.15, 0.2) is 18.2 Å². The number of nitrogens with one attached hydrogen (secondary N) is 1. The minimum atomic E-state index is -4.47. The lowest BCUT2D eigenvalue weighted by Crippen LogP contribution is -2.42. The number of halogens is 3. The number of nitriles is 1. The molecule has 142 valence electrons. The molecule has 1 amide bonds. The van der Waals surface area contributed by atoms with Crippen molar-refractivity contribution in [2.45, 2.75) is 31.5 Å². The number of nitrogens with zero attached hydrogens (tertiary/aromatic N) is 2. The maximum atomic E-state index is 12.7. The molecule has 0 aliphatic carbocycles. The van der Waals surface area contributed by atoms with Crippen molar-refractivity contribution in [1.29, 1.82) is 5.26 Å². The number of unbranched alkanes of at least 4 members (excludes halogenated alkanes) is 1. The molecule has 26 heavy (non-hydrogen) atoms. The van der Waals surface area contributed by atoms with Crippen LogP contribution in [-0.4, -0.2) is 41.6 Å². The normalized spacial score (nSPS) is 15.6. The van der Waals surface area contributed by atoms with Gasteiger partial charge in [-0.05, 0) is 37.5 Å². The molecular formula is C17H21F3N4OS. The number of thioether (sulfide) groups is 1. The van der Waals surface area contributed by atoms with Gasteiger partial charge in [0.1, 0.15) is 6.07 Å². The number of hydrogen-bond acceptors (Lipinski definition) is 5. The summed E-state index contributed by atoms with van der Waals surface area (Å²) in [7, 11) is 0. The fourth-order valence-electron chi connectivity index (χ4n) is 2.63. The Labute approximate surface area is 154 Å². The van der Waals surface area contributed by atoms with Crippen LogP contribution in [0.25, 0.3) is 0 Å². The second kappa shape index (κ2) is 9.14. The topological polar surface area (TPSA) is 82.1 Å². The van der Waals surface area contributed by atoms with Crippen LogP contribution >= 0.6 is 11.8 Å². The summed E-state index contributed by atoms with van der Waals surface area (Å²) in [5, 5.41) is 12.0. The van der Waals surface area contributed by atoms with Crippen molar-refractivity contribution >= 4 is 23.4 Å². The van der Waals surface area contributed by atoms with Crippen molar-refractivity contribution in [1.82, 2.24) is 4.90 Å². The van der Waals surface area contributed by atoms with Crippen molar-refractivity contribution in [3.05, 3.63) is 29.3 Å². The molecule has 2 rings (SSSR count). The molecule has 1 aliphatic rings. The first kappa shape index (κ1) is 20.4. The first-order valence-electron chi connectivity index (χ1n) is 8.30. The Balaban J connectivity index is 1.76. The van der Waals surface area contributed by atoms with Crippen LogP contribution in [-0.2, 0) is 11.0 Å². The minimum Gasteiger partial charge on any atom is -0.384 e. The fraction of sp³-hybridized carbons (Fsp3) is 0.529. The number of amides is 1. The van der Waals surface area contributed by atoms with E-state index in [2.05, 4.69) is 5.32 Å². The second-order valence-corrected chi connectivity index (χ2v) is 7.11. The first-order valence-corrected chi connectivity index (χ1v) is 9.45. The third-order valence-electron chi connectivity index (χ3n) is 4.11. The monoisotopic (exact) mass is 386 g/mol. The number of hydrogen-bond donors (Lipinski definition) is 2. The van der Waals surface area contributed by atoms with Gasteiger partial charge in [0.15, 0.2) is 0 Å². The molecule has 1 aliphatic heterocycles. The van der Waals surface area contributed by atoms with E-state index in [1.807, 2.05) is 0 Å². The predicted octanol–water partition coefficient (Wildman–Crippen LogP) is 3.02. The molecule has 1 aromatic carbocycles. The molecule has 5 nitrogen and oxygen atoms in total. The van der Waals surface area contributed by atoms with Crippen LogP contribution in [0, 0.1) is 11.3 Å². The van der Waals surface area contributed by atoms with E-state index in [1.54, 1.807) is 22.7 Å². The van der Waals surface area contributed by atoms with Gasteiger partial charge in [0.25, 0.3) is 0 Å². The van der Waals surface area contributed by atoms with Crippen molar-refractivity contribution in [2.75, 3.05) is 30.0 Å². The highest BCUT2D eigenvalue weighted by molar-refractivity contribution is 7.99. The summed E-state index contributed by atoms with van der Waals surface area (Å²) in [6.45, 7) is 1.23. The lowest BCUT2D eigenvalue weighted by Gasteiger charge is -2.19. The maximum Gasteiger partial charge on any atom is 0.416 e. The van der Waals surface area contributed by atoms with E-state index in [4.69, 9.17) is 11.0 Å². The molecule has 0 aromatic heterocycles. The molecule has 9 heteroatoms. The van der Waals surface area contributed by atoms with Crippen LogP contribution in [0.3, 0.4) is 0 Å². The van der Waals surface area contributed by atoms with E-state index in [1.165, 1.54) is 6.07 Å². The van der Waals surface area contributed by atoms with Gasteiger partial charge < -0.3 is 16.0 Å². The molecule has 1 heterocycles. The zero-order chi connectivity index (χ0) is 19.2. The van der Waals surface area contributed by atoms with Crippen LogP contribution in [0.5, 0.6) is 0 Å². The van der Waals surface area contributed by atoms with Crippen LogP contribution in [0.4, 0.5) is 18.9 Å². The summed E-state index contributed by atoms with van der Waals surface area (Å²) in [5.41, 5.74) is 5.41. The van der Waals surface area contributed by atoms with Crippen molar-refractivity contribution in [3.63, 3.8) is 0 Å². The standard InChI is InChI=1S/C17H21F3N4OS/c18-17(19,20)13-4-5-15(12(9-13)10-21)23-6-2-1-3-14(22)16(25)24-7-8-26-11-24/h4-5,9,14,23H,1-3,6-8,11,22H2/t14-/m0/s1. The number of anilines is 1. The molecule has 1 aromatic rings. The van der Waals surface area contributed by atoms with Gasteiger partial charge in [-0.15, -0.1) is 11.8 Å². The number of carbonyl (C=O) groups is 1. The van der Waals surface area contributed by atoms with Gasteiger partial charge in [-0.25, -0.2) is 0 Å². The highest BCUT2D eigenvalue weighted by atomic mass is 32.2. The molecule has 0 saturated carbocycles. The molecular weight excluding hydrogens is 365 g/mol. The number of benzene rings is 1. The Morgan fingerprint density at radius 2 is 2.19 bits per heavy atom. The number of alkyl halides is 3. The van der Waals surface area contributed by atoms with Gasteiger partial charge in [-0.2, -0.15) is 18.4 Å². The van der Waals surface area contributed by atoms with E-state index >= 15 is 0 Å². The molecule has 1 saturated heterocycles. The minimum absolute atomic E-state index is 0.0301. The predicted molar refractivity (Wildman–Crippen MR) is 95.5 cm³/mol. The maximum absolute atomic E-state index is 12.7. The van der Waals surface area contributed by atoms with Gasteiger partial charge in [-0.1, -0.05) is 0 Å². The van der Waals surface area contributed by atoms with Crippen molar-refractivity contribution in [2.24, 2.45) is 5.73 Å². The molecule has 3 N–H and O–H groups in total. The first-order chi connectivity index (χ1) is 12.3. The Hall–Kier alpha value is -1.92. The highest BCUT2D eigenvalue weighted by Crippen LogP contribution is 2.31. The van der Waals surface area contributed by atoms with Crippen LogP contribution in [0.1, 0.15) is 30.4 Å². The van der Waals surface area contributed by atoms with E-state index in [0.717, 1.165) is 24.4 Å². The lowest BCUT2D eigenvalue weighted by atomic mass is 10.1. The Bertz CT molecular complexity index is 669. The van der Waals surface area contributed by atoms with Gasteiger partial charge in [0.05, 0.1) is 28.7 Å². The zero-order valence-corrected chi connectivity index (χ0v) is 15.0. The van der Waals surface area contributed by atoms with Gasteiger partial charge in [0, 0.05) is 18.8 Å². The number of nitrogens with two attached hydrogens (primary N) is 1. The SMILES string of the molecule is N#Cc1cc(C(F)(F)F)ccc1NCCCC[C@H](N)C(=O)N1CCSC1. The quantitative estimate of drug-likeness (QED) is 0.704. The lowest BCUT2D eigenvalue weighted by molar-refractivity contribution is -0.137. The smallest absolute Gasteiger partial charge is 0.384 e. The van der Waals surface area contributed by atoms with E-state index in [-0.39, 0.29) is 11.5 Å². The summed E-state index contributed by atoms with van der Waals surface area (Å²) in [4.78, 5) is 13.8. The summed E-state index contributed by atoms with van der Waals surface area (Å²) < 4.78 is 38.0. The Morgan fingerprint density at radius 1 is 1.42 bits per heavy atom. The summed E-state index contributed by atoms with van der Waals surface area (Å²) in [6, 6.07) is 4.31. The molecule has 0 unspecified atom stereocenters. The largest absolute Gasteiger partial charge is 0.416 e. The number of rotatable bonds is 7. The highest BCUT2D eigenvalue weighted by Gasteiger charge is 2.31. The van der Waals surface area contributed by atoms with Crippen molar-refractivity contribution < 1.29 is 18.0 Å². The average Bonchev–Trinajstić information content (AvgIpc) is 3.14. The van der Waals surface area contributed by atoms with Crippen LogP contribution < -0.4 is 11.1 Å². The summed E-state index contributed by atoms with van der Waals surface area (Å²) >= 11 is 1.71. The molecule has 0 radical (unpaired) electrons. The number of carbonyl (C=O) groups excluding carboxylic acids is 1. The average molecular weight is 386 g/mol. The molecule has 0 bridgehead atoms. The molecule has 0 spiro atoms. The fourth-order valence-corrected chi connectivity index (χ4v) is 3.58. The molecule has 1 fully saturated rings. The second-order valence-electron chi connectivity index (χ2n) is 6.04. The van der Waals surface area contributed by atoms with Gasteiger partial charge >= 0.3 is 6.18 Å². The van der Waals surface area contributed by atoms with E-state index in [9.17, 15) is 18.0 Å².